The van der Waals surface area contributed by atoms with E-state index in [1.54, 1.807) is 0 Å². The Morgan fingerprint density at radius 1 is 1.04 bits per heavy atom. The van der Waals surface area contributed by atoms with Crippen LogP contribution in [0, 0.1) is 5.92 Å². The zero-order valence-corrected chi connectivity index (χ0v) is 12.9. The molecular weight excluding hydrogens is 308 g/mol. The van der Waals surface area contributed by atoms with Crippen LogP contribution in [0.15, 0.2) is 48.5 Å². The molecule has 2 heterocycles. The summed E-state index contributed by atoms with van der Waals surface area (Å²) < 4.78 is 16.3. The number of fused-ring (bicyclic) bond motifs is 2. The van der Waals surface area contributed by atoms with Crippen molar-refractivity contribution in [3.63, 3.8) is 0 Å². The lowest BCUT2D eigenvalue weighted by Gasteiger charge is -2.27. The van der Waals surface area contributed by atoms with Crippen LogP contribution in [0.2, 0.25) is 0 Å². The number of benzene rings is 2. The number of hydrogen-bond acceptors (Lipinski definition) is 5. The summed E-state index contributed by atoms with van der Waals surface area (Å²) in [5, 5.41) is 0. The molecule has 122 valence electrons. The van der Waals surface area contributed by atoms with Crippen LogP contribution in [0.3, 0.4) is 0 Å². The maximum Gasteiger partial charge on any atom is 0.318 e. The second-order valence-corrected chi connectivity index (χ2v) is 5.99. The Kier molecular flexibility index (Phi) is 3.69. The minimum absolute atomic E-state index is 0.0632. The summed E-state index contributed by atoms with van der Waals surface area (Å²) in [6, 6.07) is 14.9. The summed E-state index contributed by atoms with van der Waals surface area (Å²) in [6.07, 6.45) is 0.300. The summed E-state index contributed by atoms with van der Waals surface area (Å²) in [5.74, 6) is 0.168. The second-order valence-electron chi connectivity index (χ2n) is 5.99. The SMILES string of the molecule is O=C1CC(COC(=O)C2c3ccccc3Oc3ccccc32)CO1. The monoisotopic (exact) mass is 324 g/mol. The number of cyclic esters (lactones) is 1. The van der Waals surface area contributed by atoms with Crippen molar-refractivity contribution in [2.75, 3.05) is 13.2 Å². The van der Waals surface area contributed by atoms with Gasteiger partial charge in [0.1, 0.15) is 17.4 Å². The molecule has 5 heteroatoms. The Labute approximate surface area is 139 Å². The van der Waals surface area contributed by atoms with E-state index in [1.165, 1.54) is 0 Å². The van der Waals surface area contributed by atoms with Gasteiger partial charge in [0.15, 0.2) is 0 Å². The van der Waals surface area contributed by atoms with Gasteiger partial charge in [-0.3, -0.25) is 9.59 Å². The van der Waals surface area contributed by atoms with Crippen LogP contribution in [-0.2, 0) is 19.1 Å². The summed E-state index contributed by atoms with van der Waals surface area (Å²) in [5.41, 5.74) is 1.58. The first kappa shape index (κ1) is 14.8. The number of rotatable bonds is 3. The maximum absolute atomic E-state index is 12.8. The highest BCUT2D eigenvalue weighted by Gasteiger charge is 2.34. The van der Waals surface area contributed by atoms with E-state index in [1.807, 2.05) is 48.5 Å². The molecule has 4 rings (SSSR count). The van der Waals surface area contributed by atoms with E-state index >= 15 is 0 Å². The topological polar surface area (TPSA) is 61.8 Å². The van der Waals surface area contributed by atoms with Crippen LogP contribution >= 0.6 is 0 Å². The van der Waals surface area contributed by atoms with Gasteiger partial charge in [-0.05, 0) is 12.1 Å². The predicted octanol–water partition coefficient (Wildman–Crippen LogP) is 3.03. The van der Waals surface area contributed by atoms with Gasteiger partial charge in [-0.2, -0.15) is 0 Å². The van der Waals surface area contributed by atoms with Gasteiger partial charge in [0.2, 0.25) is 0 Å². The first-order chi connectivity index (χ1) is 11.7. The highest BCUT2D eigenvalue weighted by atomic mass is 16.6. The first-order valence-corrected chi connectivity index (χ1v) is 7.90. The number of para-hydroxylation sites is 2. The van der Waals surface area contributed by atoms with Crippen molar-refractivity contribution >= 4 is 11.9 Å². The van der Waals surface area contributed by atoms with Crippen molar-refractivity contribution in [3.8, 4) is 11.5 Å². The van der Waals surface area contributed by atoms with E-state index in [-0.39, 0.29) is 24.5 Å². The fourth-order valence-corrected chi connectivity index (χ4v) is 3.12. The number of carbonyl (C=O) groups is 2. The average molecular weight is 324 g/mol. The summed E-state index contributed by atoms with van der Waals surface area (Å²) in [4.78, 5) is 23.9. The molecular formula is C19H16O5. The molecule has 1 atom stereocenters. The van der Waals surface area contributed by atoms with Gasteiger partial charge in [-0.15, -0.1) is 0 Å². The molecule has 0 spiro atoms. The van der Waals surface area contributed by atoms with Crippen molar-refractivity contribution < 1.29 is 23.8 Å². The van der Waals surface area contributed by atoms with Gasteiger partial charge in [0, 0.05) is 17.0 Å². The molecule has 1 fully saturated rings. The molecule has 2 aliphatic heterocycles. The van der Waals surface area contributed by atoms with E-state index in [0.29, 0.717) is 24.5 Å². The minimum Gasteiger partial charge on any atom is -0.465 e. The number of hydrogen-bond donors (Lipinski definition) is 0. The second kappa shape index (κ2) is 6.00. The molecule has 0 amide bonds. The summed E-state index contributed by atoms with van der Waals surface area (Å²) >= 11 is 0. The lowest BCUT2D eigenvalue weighted by atomic mass is 9.88. The molecule has 0 aromatic heterocycles. The average Bonchev–Trinajstić information content (AvgIpc) is 3.03. The van der Waals surface area contributed by atoms with E-state index in [2.05, 4.69) is 0 Å². The minimum atomic E-state index is -0.524. The summed E-state index contributed by atoms with van der Waals surface area (Å²) in [6.45, 7) is 0.499. The van der Waals surface area contributed by atoms with Crippen LogP contribution in [-0.4, -0.2) is 25.2 Å². The summed E-state index contributed by atoms with van der Waals surface area (Å²) in [7, 11) is 0. The van der Waals surface area contributed by atoms with Crippen LogP contribution in [0.25, 0.3) is 0 Å². The molecule has 5 nitrogen and oxygen atoms in total. The largest absolute Gasteiger partial charge is 0.465 e. The zero-order chi connectivity index (χ0) is 16.5. The van der Waals surface area contributed by atoms with Crippen LogP contribution in [0.4, 0.5) is 0 Å². The Bertz CT molecular complexity index is 752. The van der Waals surface area contributed by atoms with Crippen molar-refractivity contribution in [2.45, 2.75) is 12.3 Å². The molecule has 0 aliphatic carbocycles. The Balaban J connectivity index is 1.59. The smallest absolute Gasteiger partial charge is 0.318 e. The van der Waals surface area contributed by atoms with E-state index in [4.69, 9.17) is 14.2 Å². The molecule has 0 radical (unpaired) electrons. The molecule has 0 saturated carbocycles. The Hall–Kier alpha value is -2.82. The van der Waals surface area contributed by atoms with E-state index in [9.17, 15) is 9.59 Å². The molecule has 1 unspecified atom stereocenters. The molecule has 2 aromatic rings. The van der Waals surface area contributed by atoms with Gasteiger partial charge >= 0.3 is 11.9 Å². The lowest BCUT2D eigenvalue weighted by Crippen LogP contribution is -2.23. The molecule has 1 saturated heterocycles. The number of ether oxygens (including phenoxy) is 3. The predicted molar refractivity (Wildman–Crippen MR) is 84.8 cm³/mol. The van der Waals surface area contributed by atoms with E-state index in [0.717, 1.165) is 11.1 Å². The van der Waals surface area contributed by atoms with Gasteiger partial charge < -0.3 is 14.2 Å². The normalized spacial score (nSPS) is 19.0. The lowest BCUT2D eigenvalue weighted by molar-refractivity contribution is -0.146. The van der Waals surface area contributed by atoms with Gasteiger partial charge in [0.25, 0.3) is 0 Å². The van der Waals surface area contributed by atoms with Crippen LogP contribution < -0.4 is 4.74 Å². The third-order valence-corrected chi connectivity index (χ3v) is 4.31. The number of esters is 2. The highest BCUT2D eigenvalue weighted by molar-refractivity contribution is 5.85. The van der Waals surface area contributed by atoms with Gasteiger partial charge in [-0.1, -0.05) is 36.4 Å². The van der Waals surface area contributed by atoms with Crippen molar-refractivity contribution in [1.82, 2.24) is 0 Å². The fourth-order valence-electron chi connectivity index (χ4n) is 3.12. The van der Waals surface area contributed by atoms with Crippen LogP contribution in [0.1, 0.15) is 23.5 Å². The quantitative estimate of drug-likeness (QED) is 0.812. The highest BCUT2D eigenvalue weighted by Crippen LogP contribution is 2.44. The molecule has 0 bridgehead atoms. The zero-order valence-electron chi connectivity index (χ0n) is 12.9. The molecule has 2 aliphatic rings. The third-order valence-electron chi connectivity index (χ3n) is 4.31. The molecule has 0 N–H and O–H groups in total. The number of carbonyl (C=O) groups excluding carboxylic acids is 2. The molecule has 2 aromatic carbocycles. The Morgan fingerprint density at radius 3 is 2.25 bits per heavy atom. The first-order valence-electron chi connectivity index (χ1n) is 7.90. The van der Waals surface area contributed by atoms with Crippen molar-refractivity contribution in [3.05, 3.63) is 59.7 Å². The van der Waals surface area contributed by atoms with E-state index < -0.39 is 5.92 Å². The van der Waals surface area contributed by atoms with Gasteiger partial charge in [0.05, 0.1) is 19.6 Å². The maximum atomic E-state index is 12.8. The third kappa shape index (κ3) is 2.62. The van der Waals surface area contributed by atoms with Crippen molar-refractivity contribution in [1.29, 1.82) is 0 Å². The Morgan fingerprint density at radius 2 is 1.67 bits per heavy atom. The van der Waals surface area contributed by atoms with Crippen molar-refractivity contribution in [2.24, 2.45) is 5.92 Å². The molecule has 24 heavy (non-hydrogen) atoms. The standard InChI is InChI=1S/C19H16O5/c20-17-9-12(10-22-17)11-23-19(21)18-13-5-1-3-7-15(13)24-16-8-4-2-6-14(16)18/h1-8,12,18H,9-11H2. The van der Waals surface area contributed by atoms with Crippen LogP contribution in [0.5, 0.6) is 11.5 Å². The van der Waals surface area contributed by atoms with Gasteiger partial charge in [-0.25, -0.2) is 0 Å². The fraction of sp³-hybridized carbons (Fsp3) is 0.263.